The van der Waals surface area contributed by atoms with Gasteiger partial charge in [0.2, 0.25) is 0 Å². The van der Waals surface area contributed by atoms with Crippen LogP contribution in [0.25, 0.3) is 10.8 Å². The fourth-order valence-electron chi connectivity index (χ4n) is 5.98. The molecule has 9 atom stereocenters. The number of allylic oxidation sites excluding steroid dienone is 2. The summed E-state index contributed by atoms with van der Waals surface area (Å²) >= 11 is 0. The maximum absolute atomic E-state index is 13.7. The van der Waals surface area contributed by atoms with Gasteiger partial charge in [0.15, 0.2) is 5.75 Å². The summed E-state index contributed by atoms with van der Waals surface area (Å²) in [4.78, 5) is 26.7. The Morgan fingerprint density at radius 3 is 2.09 bits per heavy atom. The third-order valence-electron chi connectivity index (χ3n) is 9.33. The van der Waals surface area contributed by atoms with Gasteiger partial charge in [0.05, 0.1) is 47.3 Å². The molecule has 12 nitrogen and oxygen atoms in total. The fourth-order valence-corrected chi connectivity index (χ4v) is 5.98. The summed E-state index contributed by atoms with van der Waals surface area (Å²) in [5.41, 5.74) is -0.134. The molecule has 46 heavy (non-hydrogen) atoms. The van der Waals surface area contributed by atoms with Crippen molar-refractivity contribution in [3.05, 3.63) is 53.3 Å². The van der Waals surface area contributed by atoms with Crippen molar-refractivity contribution in [2.75, 3.05) is 5.32 Å². The average molecular weight is 642 g/mol. The number of hydrogen-bond acceptors (Lipinski definition) is 11. The summed E-state index contributed by atoms with van der Waals surface area (Å²) in [6.45, 7) is 10.8. The van der Waals surface area contributed by atoms with Crippen molar-refractivity contribution in [1.82, 2.24) is 0 Å². The molecule has 2 aromatic rings. The van der Waals surface area contributed by atoms with Gasteiger partial charge in [-0.3, -0.25) is 9.59 Å². The number of aromatic hydroxyl groups is 3. The minimum absolute atomic E-state index is 0.0620. The molecule has 0 radical (unpaired) electrons. The fraction of sp³-hybridized carbons (Fsp3) is 0.471. The molecular weight excluding hydrogens is 598 g/mol. The highest BCUT2D eigenvalue weighted by atomic mass is 16.7. The third-order valence-corrected chi connectivity index (χ3v) is 9.33. The lowest BCUT2D eigenvalue weighted by Gasteiger charge is -2.35. The van der Waals surface area contributed by atoms with Gasteiger partial charge in [0.25, 0.3) is 11.7 Å². The molecule has 5 bridgehead atoms. The van der Waals surface area contributed by atoms with Gasteiger partial charge in [0.1, 0.15) is 17.2 Å². The number of rotatable bonds is 0. The largest absolute Gasteiger partial charge is 0.507 e. The van der Waals surface area contributed by atoms with E-state index in [9.17, 15) is 45.3 Å². The molecule has 12 heteroatoms. The van der Waals surface area contributed by atoms with Crippen LogP contribution >= 0.6 is 0 Å². The highest BCUT2D eigenvalue weighted by Crippen LogP contribution is 2.53. The van der Waals surface area contributed by atoms with E-state index in [1.807, 2.05) is 0 Å². The van der Waals surface area contributed by atoms with Gasteiger partial charge in [-0.1, -0.05) is 45.9 Å². The quantitative estimate of drug-likeness (QED) is 0.154. The monoisotopic (exact) mass is 641 g/mol. The average Bonchev–Trinajstić information content (AvgIpc) is 3.28. The maximum atomic E-state index is 13.7. The van der Waals surface area contributed by atoms with Crippen molar-refractivity contribution >= 4 is 28.2 Å². The Morgan fingerprint density at radius 1 is 0.826 bits per heavy atom. The Morgan fingerprint density at radius 2 is 1.43 bits per heavy atom. The Bertz CT molecular complexity index is 1630. The van der Waals surface area contributed by atoms with Gasteiger partial charge in [-0.2, -0.15) is 0 Å². The lowest BCUT2D eigenvalue weighted by Crippen LogP contribution is -2.44. The van der Waals surface area contributed by atoms with Crippen LogP contribution in [-0.2, 0) is 9.53 Å². The van der Waals surface area contributed by atoms with Gasteiger partial charge in [0, 0.05) is 53.2 Å². The molecule has 3 aliphatic heterocycles. The predicted molar refractivity (Wildman–Crippen MR) is 169 cm³/mol. The van der Waals surface area contributed by atoms with Crippen LogP contribution in [0, 0.1) is 30.6 Å². The minimum atomic E-state index is -2.00. The summed E-state index contributed by atoms with van der Waals surface area (Å²) in [5.74, 6) is -7.83. The summed E-state index contributed by atoms with van der Waals surface area (Å²) in [7, 11) is 0. The van der Waals surface area contributed by atoms with Gasteiger partial charge >= 0.3 is 5.79 Å². The first-order valence-electron chi connectivity index (χ1n) is 15.1. The molecule has 5 rings (SSSR count). The van der Waals surface area contributed by atoms with E-state index in [1.54, 1.807) is 39.8 Å². The minimum Gasteiger partial charge on any atom is -0.507 e. The zero-order valence-electron chi connectivity index (χ0n) is 26.8. The Kier molecular flexibility index (Phi) is 9.79. The highest BCUT2D eigenvalue weighted by Gasteiger charge is 2.49. The highest BCUT2D eigenvalue weighted by molar-refractivity contribution is 6.21. The van der Waals surface area contributed by atoms with Crippen LogP contribution in [0.1, 0.15) is 57.5 Å². The second-order valence-electron chi connectivity index (χ2n) is 12.6. The van der Waals surface area contributed by atoms with E-state index >= 15 is 0 Å². The number of ketones is 1. The molecule has 250 valence electrons. The number of aliphatic hydroxyl groups excluding tert-OH is 4. The van der Waals surface area contributed by atoms with Crippen LogP contribution < -0.4 is 10.1 Å². The van der Waals surface area contributed by atoms with E-state index in [4.69, 9.17) is 9.47 Å². The summed E-state index contributed by atoms with van der Waals surface area (Å²) < 4.78 is 11.5. The first kappa shape index (κ1) is 34.8. The van der Waals surface area contributed by atoms with Crippen LogP contribution in [0.2, 0.25) is 0 Å². The first-order valence-corrected chi connectivity index (χ1v) is 15.1. The lowest BCUT2D eigenvalue weighted by atomic mass is 9.78. The van der Waals surface area contributed by atoms with Crippen LogP contribution in [0.4, 0.5) is 5.69 Å². The zero-order chi connectivity index (χ0) is 34.4. The number of carbonyl (C=O) groups is 2. The summed E-state index contributed by atoms with van der Waals surface area (Å²) in [6, 6.07) is 1.05. The number of Topliss-reactive ketones (excluding diaryl/α,β-unsaturated/α-hetero) is 1. The number of benzene rings is 2. The van der Waals surface area contributed by atoms with Crippen molar-refractivity contribution in [2.45, 2.75) is 78.7 Å². The van der Waals surface area contributed by atoms with E-state index in [1.165, 1.54) is 32.9 Å². The number of hydrogen-bond donors (Lipinski definition) is 8. The number of phenolic OH excluding ortho intramolecular Hbond substituents is 3. The third kappa shape index (κ3) is 6.05. The molecule has 2 aromatic carbocycles. The van der Waals surface area contributed by atoms with Crippen LogP contribution in [0.3, 0.4) is 0 Å². The Hall–Kier alpha value is -4.10. The molecular formula is C34H43NO11. The molecule has 0 aliphatic carbocycles. The molecule has 3 aliphatic rings. The molecule has 0 aromatic heterocycles. The molecule has 3 heterocycles. The van der Waals surface area contributed by atoms with Crippen LogP contribution in [0.15, 0.2) is 42.2 Å². The van der Waals surface area contributed by atoms with Crippen molar-refractivity contribution in [3.8, 4) is 23.0 Å². The topological polar surface area (TPSA) is 206 Å². The number of ether oxygens (including phenoxy) is 2. The summed E-state index contributed by atoms with van der Waals surface area (Å²) in [5, 5.41) is 79.0. The predicted octanol–water partition coefficient (Wildman–Crippen LogP) is 3.53. The second-order valence-corrected chi connectivity index (χ2v) is 12.6. The molecule has 8 N–H and O–H groups in total. The number of nitrogens with one attached hydrogen (secondary N) is 1. The smallest absolute Gasteiger partial charge is 0.312 e. The van der Waals surface area contributed by atoms with Gasteiger partial charge in [-0.15, -0.1) is 0 Å². The maximum Gasteiger partial charge on any atom is 0.312 e. The van der Waals surface area contributed by atoms with Crippen molar-refractivity contribution in [1.29, 1.82) is 0 Å². The molecule has 0 saturated carbocycles. The Labute approximate surface area is 266 Å². The van der Waals surface area contributed by atoms with E-state index in [2.05, 4.69) is 5.32 Å². The molecule has 0 saturated heterocycles. The standard InChI is InChI=1S/C34H43NO11/c1-14-9-8-10-15(2)33(44)35-20-13-22(37)23-24(30(20)42)29(41)19(6)31-25(23)32(43)34(7,46-31)45-12-11-21(36)16(3)27(39)18(5)28(40)17(4)26(14)38/h8-14,16-18,21,26-28,36-42H,1-7H3,(H,35,44)/b9-8+,12-11+,15-10-/t14-,16+,17-,18-,21+,26+,27-,28+,34?/m1/s1. The Balaban J connectivity index is 1.83. The van der Waals surface area contributed by atoms with Crippen molar-refractivity contribution in [2.24, 2.45) is 23.7 Å². The van der Waals surface area contributed by atoms with Gasteiger partial charge in [-0.05, 0) is 19.9 Å². The second kappa shape index (κ2) is 13.0. The normalized spacial score (nSPS) is 35.2. The molecule has 1 amide bonds. The molecule has 0 spiro atoms. The zero-order valence-corrected chi connectivity index (χ0v) is 26.8. The molecule has 0 fully saturated rings. The van der Waals surface area contributed by atoms with Gasteiger partial charge < -0.3 is 50.5 Å². The summed E-state index contributed by atoms with van der Waals surface area (Å²) in [6.07, 6.45) is 2.28. The van der Waals surface area contributed by atoms with Crippen molar-refractivity contribution < 1.29 is 54.8 Å². The van der Waals surface area contributed by atoms with E-state index in [0.29, 0.717) is 0 Å². The van der Waals surface area contributed by atoms with Crippen LogP contribution in [-0.4, -0.2) is 77.6 Å². The molecule has 1 unspecified atom stereocenters. The SMILES string of the molecule is C/C1=C/C=C/[C@@H](C)[C@H](O)[C@@H](C)[C@H](O)[C@H](C)[C@H](O)[C@@H](C)[C@@H](O)/C=C/OC2(C)Oc3c(C)c(O)c4c(O)c(cc(O)c4c3C2=O)NC1=O. The number of phenols is 3. The number of amides is 1. The number of aliphatic hydroxyl groups is 4. The van der Waals surface area contributed by atoms with Crippen LogP contribution in [0.5, 0.6) is 23.0 Å². The number of fused-ring (bicyclic) bond motifs is 14. The van der Waals surface area contributed by atoms with E-state index < -0.39 is 82.8 Å². The van der Waals surface area contributed by atoms with Crippen molar-refractivity contribution in [3.63, 3.8) is 0 Å². The van der Waals surface area contributed by atoms with Gasteiger partial charge in [-0.25, -0.2) is 0 Å². The number of carbonyl (C=O) groups excluding carboxylic acids is 2. The number of anilines is 1. The van der Waals surface area contributed by atoms with E-state index in [-0.39, 0.29) is 38.9 Å². The first-order chi connectivity index (χ1) is 21.4. The lowest BCUT2D eigenvalue weighted by molar-refractivity contribution is -0.112. The van der Waals surface area contributed by atoms with E-state index in [0.717, 1.165) is 12.3 Å².